The summed E-state index contributed by atoms with van der Waals surface area (Å²) < 4.78 is 10.7. The van der Waals surface area contributed by atoms with Crippen molar-refractivity contribution in [1.29, 1.82) is 0 Å². The maximum Gasteiger partial charge on any atom is 0.338 e. The molecule has 0 N–H and O–H groups in total. The zero-order chi connectivity index (χ0) is 16.7. The van der Waals surface area contributed by atoms with Crippen LogP contribution in [0.15, 0.2) is 24.3 Å². The van der Waals surface area contributed by atoms with Gasteiger partial charge in [-0.15, -0.1) is 0 Å². The van der Waals surface area contributed by atoms with Crippen LogP contribution in [0.1, 0.15) is 55.8 Å². The van der Waals surface area contributed by atoms with Crippen LogP contribution < -0.4 is 4.74 Å². The smallest absolute Gasteiger partial charge is 0.338 e. The maximum atomic E-state index is 12.9. The Bertz CT molecular complexity index is 628. The first kappa shape index (κ1) is 15.7. The van der Waals surface area contributed by atoms with Crippen LogP contribution in [0.5, 0.6) is 5.75 Å². The third-order valence-corrected chi connectivity index (χ3v) is 6.03. The molecule has 0 saturated heterocycles. The number of hydrogen-bond donors (Lipinski definition) is 0. The van der Waals surface area contributed by atoms with Crippen LogP contribution in [0.3, 0.4) is 0 Å². The summed E-state index contributed by atoms with van der Waals surface area (Å²) in [5.74, 6) is 2.08. The molecule has 1 aromatic rings. The molecule has 0 amide bonds. The lowest BCUT2D eigenvalue weighted by Crippen LogP contribution is -2.51. The number of benzene rings is 1. The number of rotatable bonds is 4. The minimum Gasteiger partial charge on any atom is -0.462 e. The van der Waals surface area contributed by atoms with Crippen molar-refractivity contribution in [3.63, 3.8) is 0 Å². The summed E-state index contributed by atoms with van der Waals surface area (Å²) in [6.45, 7) is 2.10. The molecular formula is C20H24O4. The monoisotopic (exact) mass is 328 g/mol. The Morgan fingerprint density at radius 3 is 2.29 bits per heavy atom. The largest absolute Gasteiger partial charge is 0.462 e. The van der Waals surface area contributed by atoms with E-state index in [4.69, 9.17) is 9.47 Å². The van der Waals surface area contributed by atoms with E-state index in [0.717, 1.165) is 19.3 Å². The summed E-state index contributed by atoms with van der Waals surface area (Å²) >= 11 is 0. The van der Waals surface area contributed by atoms with Crippen LogP contribution in [0.25, 0.3) is 0 Å². The van der Waals surface area contributed by atoms with E-state index in [9.17, 15) is 9.59 Å². The van der Waals surface area contributed by atoms with E-state index >= 15 is 0 Å². The molecule has 0 atom stereocenters. The summed E-state index contributed by atoms with van der Waals surface area (Å²) in [6.07, 6.45) is 6.83. The first-order valence-electron chi connectivity index (χ1n) is 9.07. The molecule has 0 unspecified atom stereocenters. The lowest BCUT2D eigenvalue weighted by atomic mass is 9.49. The highest BCUT2D eigenvalue weighted by molar-refractivity contribution is 5.90. The van der Waals surface area contributed by atoms with E-state index in [1.807, 2.05) is 0 Å². The first-order valence-corrected chi connectivity index (χ1v) is 9.07. The highest BCUT2D eigenvalue weighted by atomic mass is 16.5. The molecule has 0 spiro atoms. The van der Waals surface area contributed by atoms with Crippen molar-refractivity contribution in [2.75, 3.05) is 6.61 Å². The Labute approximate surface area is 142 Å². The number of ether oxygens (including phenoxy) is 2. The fraction of sp³-hybridized carbons (Fsp3) is 0.600. The Morgan fingerprint density at radius 2 is 1.71 bits per heavy atom. The third kappa shape index (κ3) is 2.72. The van der Waals surface area contributed by atoms with Crippen molar-refractivity contribution in [3.8, 4) is 5.75 Å². The van der Waals surface area contributed by atoms with Gasteiger partial charge in [0.2, 0.25) is 0 Å². The molecule has 5 rings (SSSR count). The predicted octanol–water partition coefficient (Wildman–Crippen LogP) is 3.99. The van der Waals surface area contributed by atoms with Gasteiger partial charge in [-0.3, -0.25) is 4.79 Å². The number of hydrogen-bond acceptors (Lipinski definition) is 4. The van der Waals surface area contributed by atoms with Crippen molar-refractivity contribution >= 4 is 11.9 Å². The quantitative estimate of drug-likeness (QED) is 0.619. The SMILES string of the molecule is CCOC(=O)c1cccc(OC(=O)C23CC4CC(CC(C4)C2)C3)c1. The zero-order valence-electron chi connectivity index (χ0n) is 14.1. The van der Waals surface area contributed by atoms with E-state index in [-0.39, 0.29) is 17.4 Å². The van der Waals surface area contributed by atoms with Crippen molar-refractivity contribution in [3.05, 3.63) is 29.8 Å². The minimum absolute atomic E-state index is 0.0948. The Morgan fingerprint density at radius 1 is 1.08 bits per heavy atom. The van der Waals surface area contributed by atoms with E-state index < -0.39 is 0 Å². The average molecular weight is 328 g/mol. The first-order chi connectivity index (χ1) is 11.6. The second kappa shape index (κ2) is 5.91. The van der Waals surface area contributed by atoms with E-state index in [1.165, 1.54) is 19.3 Å². The average Bonchev–Trinajstić information content (AvgIpc) is 2.54. The third-order valence-electron chi connectivity index (χ3n) is 6.03. The van der Waals surface area contributed by atoms with Crippen molar-refractivity contribution < 1.29 is 19.1 Å². The van der Waals surface area contributed by atoms with Crippen LogP contribution >= 0.6 is 0 Å². The van der Waals surface area contributed by atoms with Gasteiger partial charge >= 0.3 is 11.9 Å². The fourth-order valence-corrected chi connectivity index (χ4v) is 5.48. The standard InChI is InChI=1S/C20H24O4/c1-2-23-18(21)16-4-3-5-17(9-16)24-19(22)20-10-13-6-14(11-20)8-15(7-13)12-20/h3-5,9,13-15H,2,6-8,10-12H2,1H3. The summed E-state index contributed by atoms with van der Waals surface area (Å²) in [4.78, 5) is 24.8. The van der Waals surface area contributed by atoms with Gasteiger partial charge in [-0.2, -0.15) is 0 Å². The van der Waals surface area contributed by atoms with E-state index in [0.29, 0.717) is 35.7 Å². The summed E-state index contributed by atoms with van der Waals surface area (Å²) in [7, 11) is 0. The number of carbonyl (C=O) groups is 2. The van der Waals surface area contributed by atoms with Crippen molar-refractivity contribution in [2.24, 2.45) is 23.2 Å². The molecule has 0 aromatic heterocycles. The summed E-state index contributed by atoms with van der Waals surface area (Å²) in [6, 6.07) is 6.76. The van der Waals surface area contributed by atoms with E-state index in [1.54, 1.807) is 31.2 Å². The Kier molecular flexibility index (Phi) is 3.86. The second-order valence-electron chi connectivity index (χ2n) is 7.84. The molecule has 4 fully saturated rings. The molecule has 0 radical (unpaired) electrons. The molecule has 128 valence electrons. The van der Waals surface area contributed by atoms with Gasteiger partial charge in [-0.25, -0.2) is 4.79 Å². The fourth-order valence-electron chi connectivity index (χ4n) is 5.48. The normalized spacial score (nSPS) is 33.3. The highest BCUT2D eigenvalue weighted by Gasteiger charge is 2.55. The van der Waals surface area contributed by atoms with Gasteiger partial charge in [0.15, 0.2) is 0 Å². The second-order valence-corrected chi connectivity index (χ2v) is 7.84. The molecule has 4 saturated carbocycles. The highest BCUT2D eigenvalue weighted by Crippen LogP contribution is 2.60. The molecule has 4 heteroatoms. The van der Waals surface area contributed by atoms with Crippen LogP contribution in [-0.4, -0.2) is 18.5 Å². The van der Waals surface area contributed by atoms with Gasteiger partial charge in [-0.1, -0.05) is 6.07 Å². The molecule has 24 heavy (non-hydrogen) atoms. The Hall–Kier alpha value is -1.84. The van der Waals surface area contributed by atoms with Crippen LogP contribution in [0.2, 0.25) is 0 Å². The lowest BCUT2D eigenvalue weighted by molar-refractivity contribution is -0.161. The van der Waals surface area contributed by atoms with Gasteiger partial charge in [0.25, 0.3) is 0 Å². The summed E-state index contributed by atoms with van der Waals surface area (Å²) in [5.41, 5.74) is 0.141. The summed E-state index contributed by atoms with van der Waals surface area (Å²) in [5, 5.41) is 0. The molecule has 4 bridgehead atoms. The van der Waals surface area contributed by atoms with Crippen molar-refractivity contribution in [1.82, 2.24) is 0 Å². The zero-order valence-corrected chi connectivity index (χ0v) is 14.1. The topological polar surface area (TPSA) is 52.6 Å². The molecule has 0 heterocycles. The molecular weight excluding hydrogens is 304 g/mol. The minimum atomic E-state index is -0.384. The lowest BCUT2D eigenvalue weighted by Gasteiger charge is -2.55. The molecule has 4 aliphatic carbocycles. The van der Waals surface area contributed by atoms with Gasteiger partial charge in [0.05, 0.1) is 17.6 Å². The molecule has 4 nitrogen and oxygen atoms in total. The van der Waals surface area contributed by atoms with Crippen molar-refractivity contribution in [2.45, 2.75) is 45.4 Å². The van der Waals surface area contributed by atoms with E-state index in [2.05, 4.69) is 0 Å². The predicted molar refractivity (Wildman–Crippen MR) is 88.6 cm³/mol. The van der Waals surface area contributed by atoms with Crippen LogP contribution in [0.4, 0.5) is 0 Å². The molecule has 4 aliphatic rings. The maximum absolute atomic E-state index is 12.9. The number of esters is 2. The molecule has 1 aromatic carbocycles. The Balaban J connectivity index is 1.50. The number of carbonyl (C=O) groups excluding carboxylic acids is 2. The van der Waals surface area contributed by atoms with Gasteiger partial charge in [0, 0.05) is 0 Å². The van der Waals surface area contributed by atoms with Crippen LogP contribution in [0, 0.1) is 23.2 Å². The molecule has 0 aliphatic heterocycles. The van der Waals surface area contributed by atoms with Crippen LogP contribution in [-0.2, 0) is 9.53 Å². The van der Waals surface area contributed by atoms with Gasteiger partial charge in [0.1, 0.15) is 5.75 Å². The van der Waals surface area contributed by atoms with Gasteiger partial charge < -0.3 is 9.47 Å². The van der Waals surface area contributed by atoms with Gasteiger partial charge in [-0.05, 0) is 81.4 Å².